The second kappa shape index (κ2) is 32.5. The molecule has 4 nitrogen and oxygen atoms in total. The minimum atomic E-state index is -0.711. The van der Waals surface area contributed by atoms with Crippen molar-refractivity contribution in [2.24, 2.45) is 0 Å². The Kier molecular flexibility index (Phi) is 31.6. The summed E-state index contributed by atoms with van der Waals surface area (Å²) in [4.78, 5) is 23.1. The van der Waals surface area contributed by atoms with E-state index in [-0.39, 0.29) is 18.5 Å². The average Bonchev–Trinajstić information content (AvgIpc) is 2.93. The van der Waals surface area contributed by atoms with Gasteiger partial charge in [-0.15, -0.1) is 0 Å². The first-order chi connectivity index (χ1) is 19.6. The number of hydrogen-bond donors (Lipinski definition) is 1. The van der Waals surface area contributed by atoms with Crippen LogP contribution in [0.2, 0.25) is 0 Å². The summed E-state index contributed by atoms with van der Waals surface area (Å²) in [6.45, 7) is 4.50. The van der Waals surface area contributed by atoms with Gasteiger partial charge in [-0.3, -0.25) is 9.59 Å². The van der Waals surface area contributed by atoms with Gasteiger partial charge in [-0.1, -0.05) is 162 Å². The van der Waals surface area contributed by atoms with Crippen molar-refractivity contribution in [1.82, 2.24) is 0 Å². The van der Waals surface area contributed by atoms with Crippen molar-refractivity contribution in [1.29, 1.82) is 0 Å². The Bertz CT molecular complexity index is 533. The molecule has 0 aliphatic rings. The molecule has 0 saturated carbocycles. The fraction of sp³-hybridized carbons (Fsp3) is 0.944. The fourth-order valence-corrected chi connectivity index (χ4v) is 5.66. The highest BCUT2D eigenvalue weighted by Gasteiger charge is 2.14. The number of rotatable bonds is 33. The van der Waals surface area contributed by atoms with E-state index < -0.39 is 5.97 Å². The second-order valence-electron chi connectivity index (χ2n) is 12.4. The largest absolute Gasteiger partial charge is 0.481 e. The number of esters is 1. The Hall–Kier alpha value is -1.06. The van der Waals surface area contributed by atoms with E-state index in [1.165, 1.54) is 128 Å². The SMILES string of the molecule is CCCCCCCCCCCCCCCCCCCCCC(=O)OC(CCCCCC)CCCCCCC(=O)O. The Morgan fingerprint density at radius 2 is 0.750 bits per heavy atom. The first-order valence-corrected chi connectivity index (χ1v) is 18.0. The molecule has 0 aliphatic carbocycles. The number of carbonyl (C=O) groups is 2. The van der Waals surface area contributed by atoms with Gasteiger partial charge in [0.15, 0.2) is 0 Å². The van der Waals surface area contributed by atoms with E-state index >= 15 is 0 Å². The number of carboxylic acid groups (broad SMARTS) is 1. The Labute approximate surface area is 250 Å². The van der Waals surface area contributed by atoms with Crippen LogP contribution in [0.3, 0.4) is 0 Å². The van der Waals surface area contributed by atoms with Crippen molar-refractivity contribution in [3.8, 4) is 0 Å². The maximum atomic E-state index is 12.4. The van der Waals surface area contributed by atoms with Gasteiger partial charge in [-0.25, -0.2) is 0 Å². The van der Waals surface area contributed by atoms with E-state index in [0.717, 1.165) is 57.8 Å². The predicted octanol–water partition coefficient (Wildman–Crippen LogP) is 12.1. The highest BCUT2D eigenvalue weighted by Crippen LogP contribution is 2.18. The molecule has 0 spiro atoms. The smallest absolute Gasteiger partial charge is 0.306 e. The van der Waals surface area contributed by atoms with Crippen LogP contribution >= 0.6 is 0 Å². The summed E-state index contributed by atoms with van der Waals surface area (Å²) in [5.74, 6) is -0.726. The third-order valence-corrected chi connectivity index (χ3v) is 8.33. The minimum Gasteiger partial charge on any atom is -0.481 e. The topological polar surface area (TPSA) is 63.6 Å². The monoisotopic (exact) mass is 567 g/mol. The van der Waals surface area contributed by atoms with E-state index in [1.807, 2.05) is 0 Å². The number of carboxylic acids is 1. The number of unbranched alkanes of at least 4 members (excludes halogenated alkanes) is 24. The lowest BCUT2D eigenvalue weighted by molar-refractivity contribution is -0.150. The number of hydrogen-bond acceptors (Lipinski definition) is 3. The summed E-state index contributed by atoms with van der Waals surface area (Å²) >= 11 is 0. The molecule has 40 heavy (non-hydrogen) atoms. The molecule has 0 bridgehead atoms. The first kappa shape index (κ1) is 38.9. The molecule has 0 saturated heterocycles. The van der Waals surface area contributed by atoms with Gasteiger partial charge in [-0.2, -0.15) is 0 Å². The molecule has 0 amide bonds. The van der Waals surface area contributed by atoms with Crippen LogP contribution in [0.25, 0.3) is 0 Å². The Balaban J connectivity index is 3.63. The molecule has 0 aromatic carbocycles. The Morgan fingerprint density at radius 3 is 1.12 bits per heavy atom. The van der Waals surface area contributed by atoms with Crippen LogP contribution in [0.5, 0.6) is 0 Å². The van der Waals surface area contributed by atoms with E-state index in [9.17, 15) is 9.59 Å². The summed E-state index contributed by atoms with van der Waals surface area (Å²) in [5, 5.41) is 8.77. The molecule has 4 heteroatoms. The number of ether oxygens (including phenoxy) is 1. The molecule has 0 aromatic heterocycles. The summed E-state index contributed by atoms with van der Waals surface area (Å²) < 4.78 is 5.88. The summed E-state index contributed by atoms with van der Waals surface area (Å²) in [5.41, 5.74) is 0. The normalized spacial score (nSPS) is 12.1. The maximum absolute atomic E-state index is 12.4. The average molecular weight is 567 g/mol. The minimum absolute atomic E-state index is 0.0154. The molecular formula is C36H70O4. The van der Waals surface area contributed by atoms with Crippen molar-refractivity contribution in [2.45, 2.75) is 219 Å². The summed E-state index contributed by atoms with van der Waals surface area (Å²) in [7, 11) is 0. The van der Waals surface area contributed by atoms with Crippen LogP contribution in [-0.4, -0.2) is 23.1 Å². The van der Waals surface area contributed by atoms with Gasteiger partial charge >= 0.3 is 11.9 Å². The molecule has 238 valence electrons. The quantitative estimate of drug-likeness (QED) is 0.0633. The first-order valence-electron chi connectivity index (χ1n) is 18.0. The summed E-state index contributed by atoms with van der Waals surface area (Å²) in [6, 6.07) is 0. The predicted molar refractivity (Wildman–Crippen MR) is 172 cm³/mol. The van der Waals surface area contributed by atoms with Gasteiger partial charge in [0, 0.05) is 12.8 Å². The molecule has 1 unspecified atom stereocenters. The van der Waals surface area contributed by atoms with Gasteiger partial charge in [0.2, 0.25) is 0 Å². The number of aliphatic carboxylic acids is 1. The van der Waals surface area contributed by atoms with Crippen LogP contribution in [0.1, 0.15) is 213 Å². The van der Waals surface area contributed by atoms with Crippen LogP contribution in [0.15, 0.2) is 0 Å². The van der Waals surface area contributed by atoms with E-state index in [1.54, 1.807) is 0 Å². The molecular weight excluding hydrogens is 496 g/mol. The zero-order chi connectivity index (χ0) is 29.4. The van der Waals surface area contributed by atoms with Crippen molar-refractivity contribution < 1.29 is 19.4 Å². The van der Waals surface area contributed by atoms with E-state index in [0.29, 0.717) is 6.42 Å². The zero-order valence-corrected chi connectivity index (χ0v) is 27.2. The van der Waals surface area contributed by atoms with Crippen molar-refractivity contribution in [2.75, 3.05) is 0 Å². The van der Waals surface area contributed by atoms with Crippen LogP contribution in [-0.2, 0) is 14.3 Å². The second-order valence-corrected chi connectivity index (χ2v) is 12.4. The Morgan fingerprint density at radius 1 is 0.450 bits per heavy atom. The van der Waals surface area contributed by atoms with Crippen molar-refractivity contribution in [3.63, 3.8) is 0 Å². The van der Waals surface area contributed by atoms with Gasteiger partial charge in [0.25, 0.3) is 0 Å². The third kappa shape index (κ3) is 31.5. The highest BCUT2D eigenvalue weighted by molar-refractivity contribution is 5.69. The van der Waals surface area contributed by atoms with Crippen LogP contribution in [0, 0.1) is 0 Å². The summed E-state index contributed by atoms with van der Waals surface area (Å²) in [6.07, 6.45) is 37.1. The standard InChI is InChI=1S/C36H70O4/c1-3-5-7-9-10-11-12-13-14-15-16-17-18-19-20-21-22-23-29-33-36(39)40-34(30-26-8-6-4-2)31-27-24-25-28-32-35(37)38/h34H,3-33H2,1-2H3,(H,37,38). The zero-order valence-electron chi connectivity index (χ0n) is 27.2. The van der Waals surface area contributed by atoms with Crippen LogP contribution < -0.4 is 0 Å². The molecule has 0 fully saturated rings. The van der Waals surface area contributed by atoms with Gasteiger partial charge in [0.1, 0.15) is 6.10 Å². The van der Waals surface area contributed by atoms with Crippen molar-refractivity contribution >= 4 is 11.9 Å². The van der Waals surface area contributed by atoms with Gasteiger partial charge in [0.05, 0.1) is 0 Å². The lowest BCUT2D eigenvalue weighted by Crippen LogP contribution is -2.18. The van der Waals surface area contributed by atoms with Crippen LogP contribution in [0.4, 0.5) is 0 Å². The maximum Gasteiger partial charge on any atom is 0.306 e. The van der Waals surface area contributed by atoms with Gasteiger partial charge < -0.3 is 9.84 Å². The van der Waals surface area contributed by atoms with E-state index in [4.69, 9.17) is 9.84 Å². The highest BCUT2D eigenvalue weighted by atomic mass is 16.5. The number of carbonyl (C=O) groups excluding carboxylic acids is 1. The molecule has 0 heterocycles. The third-order valence-electron chi connectivity index (χ3n) is 8.33. The molecule has 1 N–H and O–H groups in total. The van der Waals surface area contributed by atoms with Crippen molar-refractivity contribution in [3.05, 3.63) is 0 Å². The lowest BCUT2D eigenvalue weighted by atomic mass is 10.0. The van der Waals surface area contributed by atoms with Gasteiger partial charge in [-0.05, 0) is 38.5 Å². The molecule has 0 aliphatic heterocycles. The molecule has 1 atom stereocenters. The lowest BCUT2D eigenvalue weighted by Gasteiger charge is -2.18. The fourth-order valence-electron chi connectivity index (χ4n) is 5.66. The van der Waals surface area contributed by atoms with E-state index in [2.05, 4.69) is 13.8 Å². The molecule has 0 rings (SSSR count). The molecule has 0 aromatic rings. The molecule has 0 radical (unpaired) electrons.